The molecule has 0 aliphatic heterocycles. The van der Waals surface area contributed by atoms with Gasteiger partial charge < -0.3 is 10.4 Å². The number of pyridine rings is 1. The van der Waals surface area contributed by atoms with E-state index in [0.29, 0.717) is 35.1 Å². The minimum atomic E-state index is -0.856. The van der Waals surface area contributed by atoms with E-state index in [-0.39, 0.29) is 18.5 Å². The topological polar surface area (TPSA) is 97.1 Å². The van der Waals surface area contributed by atoms with E-state index in [1.54, 1.807) is 16.9 Å². The molecule has 1 fully saturated rings. The molecule has 0 atom stereocenters. The van der Waals surface area contributed by atoms with Gasteiger partial charge in [0.2, 0.25) is 0 Å². The molecule has 7 heteroatoms. The van der Waals surface area contributed by atoms with Crippen molar-refractivity contribution in [2.24, 2.45) is 5.41 Å². The molecule has 150 valence electrons. The van der Waals surface area contributed by atoms with Crippen LogP contribution >= 0.6 is 0 Å². The van der Waals surface area contributed by atoms with Crippen LogP contribution in [-0.2, 0) is 4.79 Å². The van der Waals surface area contributed by atoms with Crippen molar-refractivity contribution in [2.75, 3.05) is 6.54 Å². The summed E-state index contributed by atoms with van der Waals surface area (Å²) in [7, 11) is 0. The first-order valence-electron chi connectivity index (χ1n) is 9.78. The van der Waals surface area contributed by atoms with E-state index >= 15 is 0 Å². The van der Waals surface area contributed by atoms with E-state index in [0.717, 1.165) is 11.1 Å². The van der Waals surface area contributed by atoms with Gasteiger partial charge in [0, 0.05) is 18.2 Å². The van der Waals surface area contributed by atoms with Crippen LogP contribution in [0.4, 0.5) is 0 Å². The first kappa shape index (κ1) is 19.1. The van der Waals surface area contributed by atoms with Crippen LogP contribution in [0, 0.1) is 12.3 Å². The zero-order chi connectivity index (χ0) is 20.8. The van der Waals surface area contributed by atoms with E-state index in [1.807, 2.05) is 45.0 Å². The van der Waals surface area contributed by atoms with Crippen molar-refractivity contribution in [1.82, 2.24) is 20.1 Å². The number of aromatic nitrogens is 3. The zero-order valence-electron chi connectivity index (χ0n) is 16.8. The largest absolute Gasteiger partial charge is 0.481 e. The highest BCUT2D eigenvalue weighted by molar-refractivity contribution is 6.06. The molecule has 0 saturated heterocycles. The Kier molecular flexibility index (Phi) is 4.61. The summed E-state index contributed by atoms with van der Waals surface area (Å²) in [5, 5.41) is 17.3. The number of nitrogens with one attached hydrogen (secondary N) is 1. The summed E-state index contributed by atoms with van der Waals surface area (Å²) < 4.78 is 1.80. The number of rotatable bonds is 6. The molecule has 1 aromatic carbocycles. The lowest BCUT2D eigenvalue weighted by molar-refractivity contribution is -0.143. The highest BCUT2D eigenvalue weighted by atomic mass is 16.4. The molecule has 4 rings (SSSR count). The smallest absolute Gasteiger partial charge is 0.311 e. The molecular weight excluding hydrogens is 368 g/mol. The molecule has 2 heterocycles. The van der Waals surface area contributed by atoms with Gasteiger partial charge in [-0.25, -0.2) is 9.67 Å². The van der Waals surface area contributed by atoms with Crippen LogP contribution in [0.5, 0.6) is 0 Å². The van der Waals surface area contributed by atoms with Gasteiger partial charge in [-0.3, -0.25) is 9.59 Å². The standard InChI is InChI=1S/C22H24N4O3/c1-13(2)26-19-17(11-24-26)16(20(27)23-12-22(8-9-22)21(28)29)10-18(25-19)15-6-4-14(3)5-7-15/h4-7,10-11,13H,8-9,12H2,1-3H3,(H,23,27)(H,28,29). The van der Waals surface area contributed by atoms with Crippen LogP contribution in [0.3, 0.4) is 0 Å². The predicted molar refractivity (Wildman–Crippen MR) is 110 cm³/mol. The maximum absolute atomic E-state index is 13.0. The first-order chi connectivity index (χ1) is 13.8. The molecule has 3 aromatic rings. The van der Waals surface area contributed by atoms with Crippen molar-refractivity contribution < 1.29 is 14.7 Å². The first-order valence-corrected chi connectivity index (χ1v) is 9.78. The van der Waals surface area contributed by atoms with Crippen molar-refractivity contribution in [1.29, 1.82) is 0 Å². The third-order valence-corrected chi connectivity index (χ3v) is 5.54. The summed E-state index contributed by atoms with van der Waals surface area (Å²) in [6.07, 6.45) is 2.84. The van der Waals surface area contributed by atoms with E-state index in [4.69, 9.17) is 4.98 Å². The van der Waals surface area contributed by atoms with Crippen LogP contribution in [0.25, 0.3) is 22.3 Å². The molecule has 29 heavy (non-hydrogen) atoms. The van der Waals surface area contributed by atoms with E-state index in [9.17, 15) is 14.7 Å². The molecule has 7 nitrogen and oxygen atoms in total. The molecule has 1 aliphatic carbocycles. The number of aliphatic carboxylic acids is 1. The summed E-state index contributed by atoms with van der Waals surface area (Å²) in [5.41, 5.74) is 3.02. The third-order valence-electron chi connectivity index (χ3n) is 5.54. The highest BCUT2D eigenvalue weighted by Gasteiger charge is 2.50. The number of benzene rings is 1. The quantitative estimate of drug-likeness (QED) is 0.668. The fourth-order valence-corrected chi connectivity index (χ4v) is 3.42. The Bertz CT molecular complexity index is 1100. The molecule has 0 unspecified atom stereocenters. The van der Waals surface area contributed by atoms with Gasteiger partial charge in [-0.05, 0) is 39.7 Å². The molecule has 1 aliphatic rings. The van der Waals surface area contributed by atoms with Crippen LogP contribution in [-0.4, -0.2) is 38.3 Å². The molecular formula is C22H24N4O3. The zero-order valence-corrected chi connectivity index (χ0v) is 16.8. The molecule has 2 N–H and O–H groups in total. The van der Waals surface area contributed by atoms with Crippen molar-refractivity contribution in [3.05, 3.63) is 47.7 Å². The van der Waals surface area contributed by atoms with Crippen LogP contribution in [0.2, 0.25) is 0 Å². The average molecular weight is 392 g/mol. The maximum atomic E-state index is 13.0. The number of carbonyl (C=O) groups is 2. The Balaban J connectivity index is 1.76. The fraction of sp³-hybridized carbons (Fsp3) is 0.364. The van der Waals surface area contributed by atoms with Gasteiger partial charge in [0.05, 0.1) is 28.3 Å². The Labute approximate surface area is 168 Å². The highest BCUT2D eigenvalue weighted by Crippen LogP contribution is 2.45. The molecule has 1 amide bonds. The second kappa shape index (κ2) is 6.99. The van der Waals surface area contributed by atoms with Gasteiger partial charge in [0.25, 0.3) is 5.91 Å². The number of carboxylic acids is 1. The number of carboxylic acid groups (broad SMARTS) is 1. The Morgan fingerprint density at radius 1 is 1.24 bits per heavy atom. The van der Waals surface area contributed by atoms with Crippen molar-refractivity contribution >= 4 is 22.9 Å². The number of nitrogens with zero attached hydrogens (tertiary/aromatic N) is 3. The lowest BCUT2D eigenvalue weighted by Crippen LogP contribution is -2.34. The van der Waals surface area contributed by atoms with Crippen molar-refractivity contribution in [2.45, 2.75) is 39.7 Å². The second-order valence-corrected chi connectivity index (χ2v) is 8.11. The lowest BCUT2D eigenvalue weighted by atomic mass is 10.0. The fourth-order valence-electron chi connectivity index (χ4n) is 3.42. The average Bonchev–Trinajstić information content (AvgIpc) is 3.37. The molecule has 2 aromatic heterocycles. The Morgan fingerprint density at radius 3 is 2.52 bits per heavy atom. The summed E-state index contributed by atoms with van der Waals surface area (Å²) in [4.78, 5) is 29.2. The summed E-state index contributed by atoms with van der Waals surface area (Å²) in [6, 6.07) is 9.81. The van der Waals surface area contributed by atoms with Crippen molar-refractivity contribution in [3.8, 4) is 11.3 Å². The molecule has 0 spiro atoms. The lowest BCUT2D eigenvalue weighted by Gasteiger charge is -2.13. The summed E-state index contributed by atoms with van der Waals surface area (Å²) >= 11 is 0. The van der Waals surface area contributed by atoms with Gasteiger partial charge >= 0.3 is 5.97 Å². The van der Waals surface area contributed by atoms with E-state index in [2.05, 4.69) is 10.4 Å². The van der Waals surface area contributed by atoms with Crippen LogP contribution < -0.4 is 5.32 Å². The van der Waals surface area contributed by atoms with Gasteiger partial charge in [-0.2, -0.15) is 5.10 Å². The van der Waals surface area contributed by atoms with Crippen molar-refractivity contribution in [3.63, 3.8) is 0 Å². The monoisotopic (exact) mass is 392 g/mol. The summed E-state index contributed by atoms with van der Waals surface area (Å²) in [6.45, 7) is 6.17. The summed E-state index contributed by atoms with van der Waals surface area (Å²) in [5.74, 6) is -1.16. The van der Waals surface area contributed by atoms with Gasteiger partial charge in [-0.1, -0.05) is 29.8 Å². The van der Waals surface area contributed by atoms with Crippen LogP contribution in [0.15, 0.2) is 36.5 Å². The minimum absolute atomic E-state index is 0.0888. The number of hydrogen-bond acceptors (Lipinski definition) is 4. The Hall–Kier alpha value is -3.22. The molecule has 1 saturated carbocycles. The number of aryl methyl sites for hydroxylation is 1. The number of fused-ring (bicyclic) bond motifs is 1. The van der Waals surface area contributed by atoms with Gasteiger partial charge in [-0.15, -0.1) is 0 Å². The number of amides is 1. The van der Waals surface area contributed by atoms with E-state index < -0.39 is 11.4 Å². The molecule has 0 radical (unpaired) electrons. The molecule has 0 bridgehead atoms. The SMILES string of the molecule is Cc1ccc(-c2cc(C(=O)NCC3(C(=O)O)CC3)c3cnn(C(C)C)c3n2)cc1. The Morgan fingerprint density at radius 2 is 1.93 bits per heavy atom. The van der Waals surface area contributed by atoms with E-state index in [1.165, 1.54) is 0 Å². The number of hydrogen-bond donors (Lipinski definition) is 2. The second-order valence-electron chi connectivity index (χ2n) is 8.11. The third kappa shape index (κ3) is 3.48. The minimum Gasteiger partial charge on any atom is -0.481 e. The van der Waals surface area contributed by atoms with Gasteiger partial charge in [0.1, 0.15) is 0 Å². The van der Waals surface area contributed by atoms with Crippen LogP contribution in [0.1, 0.15) is 48.7 Å². The predicted octanol–water partition coefficient (Wildman–Crippen LogP) is 3.58. The number of carbonyl (C=O) groups excluding carboxylic acids is 1. The normalized spacial score (nSPS) is 14.9. The van der Waals surface area contributed by atoms with Gasteiger partial charge in [0.15, 0.2) is 5.65 Å². The maximum Gasteiger partial charge on any atom is 0.311 e.